The Morgan fingerprint density at radius 2 is 2.06 bits per heavy atom. The molecule has 2 rings (SSSR count). The molecule has 2 unspecified atom stereocenters. The third-order valence-electron chi connectivity index (χ3n) is 3.59. The molecule has 0 saturated carbocycles. The van der Waals surface area contributed by atoms with E-state index in [9.17, 15) is 8.42 Å². The van der Waals surface area contributed by atoms with Gasteiger partial charge in [0.15, 0.2) is 9.84 Å². The molecule has 0 aromatic heterocycles. The van der Waals surface area contributed by atoms with Crippen molar-refractivity contribution in [2.24, 2.45) is 5.92 Å². The van der Waals surface area contributed by atoms with Gasteiger partial charge >= 0.3 is 0 Å². The predicted molar refractivity (Wildman–Crippen MR) is 67.6 cm³/mol. The highest BCUT2D eigenvalue weighted by Crippen LogP contribution is 2.32. The largest absolute Gasteiger partial charge is 0.359 e. The number of sulfone groups is 1. The van der Waals surface area contributed by atoms with E-state index in [0.29, 0.717) is 18.1 Å². The molecule has 2 atom stereocenters. The molecular formula is C12H23NO3S. The van der Waals surface area contributed by atoms with Crippen molar-refractivity contribution < 1.29 is 13.2 Å². The van der Waals surface area contributed by atoms with E-state index in [4.69, 9.17) is 4.74 Å². The van der Waals surface area contributed by atoms with Crippen molar-refractivity contribution in [3.8, 4) is 0 Å². The van der Waals surface area contributed by atoms with Crippen LogP contribution in [0.5, 0.6) is 0 Å². The van der Waals surface area contributed by atoms with Crippen LogP contribution >= 0.6 is 0 Å². The van der Waals surface area contributed by atoms with E-state index in [0.717, 1.165) is 19.3 Å². The lowest BCUT2D eigenvalue weighted by molar-refractivity contribution is -0.0126. The van der Waals surface area contributed by atoms with Gasteiger partial charge in [-0.15, -0.1) is 0 Å². The van der Waals surface area contributed by atoms with Gasteiger partial charge in [0.25, 0.3) is 0 Å². The molecule has 0 aromatic carbocycles. The van der Waals surface area contributed by atoms with Gasteiger partial charge in [-0.1, -0.05) is 0 Å². The number of rotatable bonds is 2. The maximum Gasteiger partial charge on any atom is 0.150 e. The Kier molecular flexibility index (Phi) is 3.30. The molecule has 2 aliphatic rings. The van der Waals surface area contributed by atoms with Crippen molar-refractivity contribution in [1.82, 2.24) is 5.32 Å². The molecule has 2 fully saturated rings. The second-order valence-corrected chi connectivity index (χ2v) is 8.58. The Morgan fingerprint density at radius 3 is 2.59 bits per heavy atom. The number of nitrogens with one attached hydrogen (secondary N) is 1. The van der Waals surface area contributed by atoms with Crippen molar-refractivity contribution in [3.63, 3.8) is 0 Å². The lowest BCUT2D eigenvalue weighted by Crippen LogP contribution is -2.48. The summed E-state index contributed by atoms with van der Waals surface area (Å²) in [4.78, 5) is 0. The summed E-state index contributed by atoms with van der Waals surface area (Å²) in [5, 5.41) is 3.46. The topological polar surface area (TPSA) is 55.4 Å². The summed E-state index contributed by atoms with van der Waals surface area (Å²) in [6, 6.07) is 0. The molecule has 5 heteroatoms. The van der Waals surface area contributed by atoms with Gasteiger partial charge in [0, 0.05) is 5.54 Å². The van der Waals surface area contributed by atoms with Crippen LogP contribution in [-0.2, 0) is 14.6 Å². The normalized spacial score (nSPS) is 40.3. The molecule has 17 heavy (non-hydrogen) atoms. The van der Waals surface area contributed by atoms with Crippen molar-refractivity contribution in [2.75, 3.05) is 18.1 Å². The average molecular weight is 261 g/mol. The van der Waals surface area contributed by atoms with E-state index >= 15 is 0 Å². The van der Waals surface area contributed by atoms with Gasteiger partial charge in [0.05, 0.1) is 18.1 Å². The first-order valence-electron chi connectivity index (χ1n) is 6.34. The molecule has 2 saturated heterocycles. The highest BCUT2D eigenvalue weighted by Gasteiger charge is 2.42. The van der Waals surface area contributed by atoms with E-state index in [-0.39, 0.29) is 17.2 Å². The first-order valence-corrected chi connectivity index (χ1v) is 8.16. The van der Waals surface area contributed by atoms with Crippen LogP contribution in [0.15, 0.2) is 0 Å². The second kappa shape index (κ2) is 4.21. The van der Waals surface area contributed by atoms with E-state index in [1.165, 1.54) is 0 Å². The maximum atomic E-state index is 11.6. The Hall–Kier alpha value is -0.130. The minimum atomic E-state index is -2.81. The smallest absolute Gasteiger partial charge is 0.150 e. The average Bonchev–Trinajstić information content (AvgIpc) is 2.38. The molecule has 0 aliphatic carbocycles. The molecule has 0 bridgehead atoms. The van der Waals surface area contributed by atoms with Gasteiger partial charge in [0.1, 0.15) is 5.72 Å². The third-order valence-corrected chi connectivity index (χ3v) is 5.48. The maximum absolute atomic E-state index is 11.6. The van der Waals surface area contributed by atoms with Gasteiger partial charge in [-0.3, -0.25) is 5.32 Å². The SMILES string of the molecule is CC1(C)COC(C)(CC2CCCS(=O)(=O)C2)N1. The predicted octanol–water partition coefficient (Wildman–Crippen LogP) is 1.32. The summed E-state index contributed by atoms with van der Waals surface area (Å²) in [5.74, 6) is 0.925. The Labute approximate surface area is 104 Å². The fraction of sp³-hybridized carbons (Fsp3) is 1.00. The molecule has 0 spiro atoms. The van der Waals surface area contributed by atoms with Gasteiger partial charge < -0.3 is 4.74 Å². The van der Waals surface area contributed by atoms with Crippen molar-refractivity contribution >= 4 is 9.84 Å². The Balaban J connectivity index is 1.97. The van der Waals surface area contributed by atoms with Gasteiger partial charge in [-0.2, -0.15) is 0 Å². The standard InChI is InChI=1S/C12H23NO3S/c1-11(2)9-16-12(3,13-11)7-10-5-4-6-17(14,15)8-10/h10,13H,4-9H2,1-3H3. The van der Waals surface area contributed by atoms with Crippen molar-refractivity contribution in [2.45, 2.75) is 51.3 Å². The fourth-order valence-corrected chi connectivity index (χ4v) is 4.84. The summed E-state index contributed by atoms with van der Waals surface area (Å²) in [6.45, 7) is 6.93. The van der Waals surface area contributed by atoms with Crippen LogP contribution in [0, 0.1) is 5.92 Å². The zero-order chi connectivity index (χ0) is 12.7. The molecule has 1 N–H and O–H groups in total. The van der Waals surface area contributed by atoms with Gasteiger partial charge in [-0.25, -0.2) is 8.42 Å². The van der Waals surface area contributed by atoms with E-state index in [1.54, 1.807) is 0 Å². The molecule has 2 aliphatic heterocycles. The van der Waals surface area contributed by atoms with Crippen LogP contribution < -0.4 is 5.32 Å². The molecule has 0 radical (unpaired) electrons. The lowest BCUT2D eigenvalue weighted by Gasteiger charge is -2.32. The van der Waals surface area contributed by atoms with E-state index < -0.39 is 9.84 Å². The molecule has 0 amide bonds. The van der Waals surface area contributed by atoms with Crippen LogP contribution in [-0.4, -0.2) is 37.8 Å². The fourth-order valence-electron chi connectivity index (χ4n) is 3.07. The quantitative estimate of drug-likeness (QED) is 0.814. The summed E-state index contributed by atoms with van der Waals surface area (Å²) in [6.07, 6.45) is 2.59. The first kappa shape index (κ1) is 13.3. The Morgan fingerprint density at radius 1 is 1.35 bits per heavy atom. The molecular weight excluding hydrogens is 238 g/mol. The van der Waals surface area contributed by atoms with Gasteiger partial charge in [-0.05, 0) is 46.0 Å². The minimum absolute atomic E-state index is 0.0116. The summed E-state index contributed by atoms with van der Waals surface area (Å²) in [5.41, 5.74) is -0.372. The highest BCUT2D eigenvalue weighted by atomic mass is 32.2. The van der Waals surface area contributed by atoms with Crippen LogP contribution in [0.4, 0.5) is 0 Å². The molecule has 0 aromatic rings. The van der Waals surface area contributed by atoms with E-state index in [2.05, 4.69) is 19.2 Å². The van der Waals surface area contributed by atoms with Crippen LogP contribution in [0.25, 0.3) is 0 Å². The van der Waals surface area contributed by atoms with Crippen molar-refractivity contribution in [1.29, 1.82) is 0 Å². The van der Waals surface area contributed by atoms with Crippen LogP contribution in [0.2, 0.25) is 0 Å². The molecule has 100 valence electrons. The second-order valence-electron chi connectivity index (χ2n) is 6.36. The summed E-state index contributed by atoms with van der Waals surface area (Å²) >= 11 is 0. The third kappa shape index (κ3) is 3.42. The summed E-state index contributed by atoms with van der Waals surface area (Å²) in [7, 11) is -2.81. The summed E-state index contributed by atoms with van der Waals surface area (Å²) < 4.78 is 29.0. The first-order chi connectivity index (χ1) is 7.70. The molecule has 2 heterocycles. The number of hydrogen-bond donors (Lipinski definition) is 1. The van der Waals surface area contributed by atoms with Gasteiger partial charge in [0.2, 0.25) is 0 Å². The zero-order valence-corrected chi connectivity index (χ0v) is 11.8. The highest BCUT2D eigenvalue weighted by molar-refractivity contribution is 7.91. The van der Waals surface area contributed by atoms with Crippen LogP contribution in [0.1, 0.15) is 40.0 Å². The number of hydrogen-bond acceptors (Lipinski definition) is 4. The monoisotopic (exact) mass is 261 g/mol. The number of ether oxygens (including phenoxy) is 1. The van der Waals surface area contributed by atoms with E-state index in [1.807, 2.05) is 6.92 Å². The van der Waals surface area contributed by atoms with Crippen LogP contribution in [0.3, 0.4) is 0 Å². The zero-order valence-electron chi connectivity index (χ0n) is 11.0. The van der Waals surface area contributed by atoms with Crippen molar-refractivity contribution in [3.05, 3.63) is 0 Å². The lowest BCUT2D eigenvalue weighted by atomic mass is 9.94. The minimum Gasteiger partial charge on any atom is -0.359 e. The molecule has 4 nitrogen and oxygen atoms in total. The Bertz CT molecular complexity index is 391.